The third-order valence-electron chi connectivity index (χ3n) is 6.04. The minimum atomic E-state index is 0.629. The highest BCUT2D eigenvalue weighted by atomic mass is 35.5. The third kappa shape index (κ3) is 4.35. The van der Waals surface area contributed by atoms with Crippen LogP contribution in [0, 0.1) is 0 Å². The molecular formula is C25H24Cl2N4. The van der Waals surface area contributed by atoms with Crippen molar-refractivity contribution in [2.75, 3.05) is 33.2 Å². The van der Waals surface area contributed by atoms with Crippen LogP contribution < -0.4 is 0 Å². The molecule has 1 saturated heterocycles. The van der Waals surface area contributed by atoms with Gasteiger partial charge in [-0.1, -0.05) is 53.5 Å². The SMILES string of the molecule is CN1CCN(Cc2ccc(-c3cnc4[nH]cc(-c5ccc(Cl)cc5Cl)c4c3)cc2)CC1. The Morgan fingerprint density at radius 2 is 1.68 bits per heavy atom. The summed E-state index contributed by atoms with van der Waals surface area (Å²) in [5.74, 6) is 0. The summed E-state index contributed by atoms with van der Waals surface area (Å²) in [5, 5.41) is 2.30. The first kappa shape index (κ1) is 20.5. The van der Waals surface area contributed by atoms with Crippen LogP contribution >= 0.6 is 23.2 Å². The molecular weight excluding hydrogens is 427 g/mol. The predicted molar refractivity (Wildman–Crippen MR) is 130 cm³/mol. The highest BCUT2D eigenvalue weighted by Crippen LogP contribution is 2.36. The molecule has 5 rings (SSSR count). The number of H-pyrrole nitrogens is 1. The zero-order valence-corrected chi connectivity index (χ0v) is 18.9. The van der Waals surface area contributed by atoms with Gasteiger partial charge in [0, 0.05) is 77.2 Å². The van der Waals surface area contributed by atoms with Crippen molar-refractivity contribution < 1.29 is 0 Å². The lowest BCUT2D eigenvalue weighted by Crippen LogP contribution is -2.43. The molecule has 0 aliphatic carbocycles. The molecule has 1 aliphatic heterocycles. The monoisotopic (exact) mass is 450 g/mol. The molecule has 0 unspecified atom stereocenters. The highest BCUT2D eigenvalue weighted by Gasteiger charge is 2.15. The van der Waals surface area contributed by atoms with Crippen LogP contribution in [0.25, 0.3) is 33.3 Å². The van der Waals surface area contributed by atoms with Crippen molar-refractivity contribution in [3.63, 3.8) is 0 Å². The zero-order chi connectivity index (χ0) is 21.4. The van der Waals surface area contributed by atoms with Crippen LogP contribution in [-0.4, -0.2) is 53.0 Å². The minimum Gasteiger partial charge on any atom is -0.346 e. The number of hydrogen-bond donors (Lipinski definition) is 1. The Morgan fingerprint density at radius 3 is 2.42 bits per heavy atom. The van der Waals surface area contributed by atoms with Crippen molar-refractivity contribution >= 4 is 34.2 Å². The van der Waals surface area contributed by atoms with E-state index in [-0.39, 0.29) is 0 Å². The number of benzene rings is 2. The lowest BCUT2D eigenvalue weighted by molar-refractivity contribution is 0.148. The van der Waals surface area contributed by atoms with E-state index in [2.05, 4.69) is 57.1 Å². The van der Waals surface area contributed by atoms with Crippen molar-refractivity contribution in [1.82, 2.24) is 19.8 Å². The number of aromatic amines is 1. The molecule has 2 aromatic carbocycles. The van der Waals surface area contributed by atoms with Gasteiger partial charge in [-0.3, -0.25) is 4.90 Å². The molecule has 2 aromatic heterocycles. The fourth-order valence-electron chi connectivity index (χ4n) is 4.16. The predicted octanol–water partition coefficient (Wildman–Crippen LogP) is 5.95. The second-order valence-electron chi connectivity index (χ2n) is 8.22. The number of halogens is 2. The molecule has 31 heavy (non-hydrogen) atoms. The first-order chi connectivity index (χ1) is 15.1. The maximum Gasteiger partial charge on any atom is 0.137 e. The van der Waals surface area contributed by atoms with Gasteiger partial charge in [0.2, 0.25) is 0 Å². The average Bonchev–Trinajstić information content (AvgIpc) is 3.19. The van der Waals surface area contributed by atoms with E-state index in [0.29, 0.717) is 10.0 Å². The first-order valence-corrected chi connectivity index (χ1v) is 11.3. The Morgan fingerprint density at radius 1 is 0.903 bits per heavy atom. The maximum absolute atomic E-state index is 6.46. The second-order valence-corrected chi connectivity index (χ2v) is 9.07. The van der Waals surface area contributed by atoms with Crippen LogP contribution in [0.3, 0.4) is 0 Å². The molecule has 0 spiro atoms. The van der Waals surface area contributed by atoms with E-state index in [1.165, 1.54) is 5.56 Å². The molecule has 0 amide bonds. The van der Waals surface area contributed by atoms with Gasteiger partial charge in [-0.15, -0.1) is 0 Å². The number of pyridine rings is 1. The standard InChI is InChI=1S/C25H24Cl2N4/c1-30-8-10-31(11-9-30)16-17-2-4-18(5-3-17)19-12-22-23(15-29-25(22)28-14-19)21-7-6-20(26)13-24(21)27/h2-7,12-15H,8-11,16H2,1H3,(H,28,29). The van der Waals surface area contributed by atoms with Gasteiger partial charge < -0.3 is 9.88 Å². The Labute approximate surface area is 192 Å². The van der Waals surface area contributed by atoms with Gasteiger partial charge in [0.05, 0.1) is 0 Å². The summed E-state index contributed by atoms with van der Waals surface area (Å²) in [7, 11) is 2.19. The van der Waals surface area contributed by atoms with Gasteiger partial charge in [0.1, 0.15) is 5.65 Å². The summed E-state index contributed by atoms with van der Waals surface area (Å²) in [6.45, 7) is 5.54. The molecule has 3 heterocycles. The van der Waals surface area contributed by atoms with Crippen LogP contribution in [0.5, 0.6) is 0 Å². The lowest BCUT2D eigenvalue weighted by Gasteiger charge is -2.32. The van der Waals surface area contributed by atoms with Crippen molar-refractivity contribution in [2.24, 2.45) is 0 Å². The fourth-order valence-corrected chi connectivity index (χ4v) is 4.67. The lowest BCUT2D eigenvalue weighted by atomic mass is 10.0. The molecule has 1 N–H and O–H groups in total. The molecule has 0 atom stereocenters. The van der Waals surface area contributed by atoms with Gasteiger partial charge in [-0.2, -0.15) is 0 Å². The molecule has 0 bridgehead atoms. The maximum atomic E-state index is 6.46. The summed E-state index contributed by atoms with van der Waals surface area (Å²) < 4.78 is 0. The number of piperazine rings is 1. The van der Waals surface area contributed by atoms with E-state index < -0.39 is 0 Å². The van der Waals surface area contributed by atoms with Crippen molar-refractivity contribution in [3.8, 4) is 22.3 Å². The number of rotatable bonds is 4. The van der Waals surface area contributed by atoms with Crippen LogP contribution in [0.2, 0.25) is 10.0 Å². The second kappa shape index (κ2) is 8.64. The quantitative estimate of drug-likeness (QED) is 0.417. The highest BCUT2D eigenvalue weighted by molar-refractivity contribution is 6.36. The number of nitrogens with zero attached hydrogens (tertiary/aromatic N) is 3. The van der Waals surface area contributed by atoms with Gasteiger partial charge in [-0.25, -0.2) is 4.98 Å². The Balaban J connectivity index is 1.41. The van der Waals surface area contributed by atoms with Crippen LogP contribution in [0.1, 0.15) is 5.56 Å². The topological polar surface area (TPSA) is 35.2 Å². The zero-order valence-electron chi connectivity index (χ0n) is 17.4. The average molecular weight is 451 g/mol. The van der Waals surface area contributed by atoms with Crippen LogP contribution in [-0.2, 0) is 6.54 Å². The Kier molecular flexibility index (Phi) is 5.72. The number of aromatic nitrogens is 2. The van der Waals surface area contributed by atoms with E-state index in [1.807, 2.05) is 24.5 Å². The number of hydrogen-bond acceptors (Lipinski definition) is 3. The van der Waals surface area contributed by atoms with Gasteiger partial charge >= 0.3 is 0 Å². The first-order valence-electron chi connectivity index (χ1n) is 10.5. The molecule has 1 aliphatic rings. The number of fused-ring (bicyclic) bond motifs is 1. The third-order valence-corrected chi connectivity index (χ3v) is 6.59. The smallest absolute Gasteiger partial charge is 0.137 e. The van der Waals surface area contributed by atoms with Crippen LogP contribution in [0.4, 0.5) is 0 Å². The Bertz CT molecular complexity index is 1210. The molecule has 4 aromatic rings. The van der Waals surface area contributed by atoms with E-state index in [0.717, 1.165) is 66.0 Å². The minimum absolute atomic E-state index is 0.629. The van der Waals surface area contributed by atoms with Crippen LogP contribution in [0.15, 0.2) is 60.9 Å². The number of nitrogens with one attached hydrogen (secondary N) is 1. The van der Waals surface area contributed by atoms with Crippen molar-refractivity contribution in [2.45, 2.75) is 6.54 Å². The molecule has 158 valence electrons. The van der Waals surface area contributed by atoms with E-state index in [9.17, 15) is 0 Å². The van der Waals surface area contributed by atoms with Gasteiger partial charge in [0.25, 0.3) is 0 Å². The molecule has 0 saturated carbocycles. The normalized spacial score (nSPS) is 15.6. The van der Waals surface area contributed by atoms with Crippen molar-refractivity contribution in [3.05, 3.63) is 76.5 Å². The molecule has 1 fully saturated rings. The molecule has 0 radical (unpaired) electrons. The summed E-state index contributed by atoms with van der Waals surface area (Å²) in [5.41, 5.74) is 6.40. The summed E-state index contributed by atoms with van der Waals surface area (Å²) in [6, 6.07) is 16.6. The summed E-state index contributed by atoms with van der Waals surface area (Å²) >= 11 is 12.5. The molecule has 4 nitrogen and oxygen atoms in total. The van der Waals surface area contributed by atoms with Gasteiger partial charge in [-0.05, 0) is 36.4 Å². The summed E-state index contributed by atoms with van der Waals surface area (Å²) in [6.07, 6.45) is 3.87. The molecule has 6 heteroatoms. The van der Waals surface area contributed by atoms with E-state index in [1.54, 1.807) is 6.07 Å². The van der Waals surface area contributed by atoms with Gasteiger partial charge in [0.15, 0.2) is 0 Å². The largest absolute Gasteiger partial charge is 0.346 e. The fraction of sp³-hybridized carbons (Fsp3) is 0.240. The van der Waals surface area contributed by atoms with Crippen molar-refractivity contribution in [1.29, 1.82) is 0 Å². The summed E-state index contributed by atoms with van der Waals surface area (Å²) in [4.78, 5) is 12.8. The van der Waals surface area contributed by atoms with E-state index >= 15 is 0 Å². The number of likely N-dealkylation sites (N-methyl/N-ethyl adjacent to an activating group) is 1. The van der Waals surface area contributed by atoms with E-state index in [4.69, 9.17) is 23.2 Å². The Hall–Kier alpha value is -2.37.